The summed E-state index contributed by atoms with van der Waals surface area (Å²) in [5, 5.41) is 9.49. The van der Waals surface area contributed by atoms with E-state index in [0.717, 1.165) is 23.5 Å². The zero-order valence-electron chi connectivity index (χ0n) is 17.6. The van der Waals surface area contributed by atoms with Crippen molar-refractivity contribution in [2.45, 2.75) is 19.6 Å². The van der Waals surface area contributed by atoms with Crippen LogP contribution >= 0.6 is 0 Å². The van der Waals surface area contributed by atoms with Crippen molar-refractivity contribution in [2.24, 2.45) is 0 Å². The van der Waals surface area contributed by atoms with E-state index in [-0.39, 0.29) is 36.9 Å². The molecule has 9 nitrogen and oxygen atoms in total. The van der Waals surface area contributed by atoms with Gasteiger partial charge in [0, 0.05) is 12.6 Å². The largest absolute Gasteiger partial charge is 0.502 e. The molecule has 0 unspecified atom stereocenters. The lowest BCUT2D eigenvalue weighted by Gasteiger charge is -2.26. The van der Waals surface area contributed by atoms with Crippen LogP contribution in [0, 0.1) is 0 Å². The Morgan fingerprint density at radius 3 is 2.21 bits per heavy atom. The molecule has 0 aliphatic carbocycles. The predicted octanol–water partition coefficient (Wildman–Crippen LogP) is 2.03. The molecule has 0 aliphatic rings. The molecular weight excluding hydrogens is 424 g/mol. The van der Waals surface area contributed by atoms with Gasteiger partial charge in [0.2, 0.25) is 5.43 Å². The molecule has 0 fully saturated rings. The van der Waals surface area contributed by atoms with Crippen LogP contribution in [-0.2, 0) is 19.6 Å². The van der Waals surface area contributed by atoms with Crippen LogP contribution in [0.1, 0.15) is 16.9 Å². The molecule has 0 radical (unpaired) electrons. The zero-order chi connectivity index (χ0) is 23.4. The number of nitrogen functional groups attached to an aromatic ring is 1. The number of nitrogens with one attached hydrogen (secondary N) is 1. The van der Waals surface area contributed by atoms with Gasteiger partial charge >= 0.3 is 5.69 Å². The van der Waals surface area contributed by atoms with Crippen molar-refractivity contribution in [3.63, 3.8) is 0 Å². The third-order valence-corrected chi connectivity index (χ3v) is 5.14. The summed E-state index contributed by atoms with van der Waals surface area (Å²) < 4.78 is 6.63. The third-order valence-electron chi connectivity index (χ3n) is 5.14. The lowest BCUT2D eigenvalue weighted by molar-refractivity contribution is 0.411. The second-order valence-corrected chi connectivity index (χ2v) is 7.50. The SMILES string of the molecule is Nc1c(N(Cc2ccccc2)Cc2cc(=O)c(O)co2)c(=O)[nH]c(=O)n1Cc1ccccc1. The first-order chi connectivity index (χ1) is 15.9. The number of hydrogen-bond acceptors (Lipinski definition) is 7. The lowest BCUT2D eigenvalue weighted by atomic mass is 10.2. The van der Waals surface area contributed by atoms with E-state index in [2.05, 4.69) is 4.98 Å². The van der Waals surface area contributed by atoms with Gasteiger partial charge in [-0.1, -0.05) is 60.7 Å². The van der Waals surface area contributed by atoms with Crippen molar-refractivity contribution in [3.8, 4) is 5.75 Å². The van der Waals surface area contributed by atoms with Crippen LogP contribution < -0.4 is 27.3 Å². The molecule has 4 aromatic rings. The molecule has 0 saturated heterocycles. The molecule has 0 bridgehead atoms. The Morgan fingerprint density at radius 2 is 1.58 bits per heavy atom. The number of H-pyrrole nitrogens is 1. The molecule has 2 aromatic heterocycles. The Bertz CT molecular complexity index is 1430. The van der Waals surface area contributed by atoms with E-state index in [1.54, 1.807) is 4.90 Å². The van der Waals surface area contributed by atoms with Gasteiger partial charge in [-0.05, 0) is 11.1 Å². The van der Waals surface area contributed by atoms with Gasteiger partial charge in [-0.3, -0.25) is 19.1 Å². The summed E-state index contributed by atoms with van der Waals surface area (Å²) in [5.74, 6) is -0.305. The molecule has 168 valence electrons. The van der Waals surface area contributed by atoms with Crippen LogP contribution in [0.3, 0.4) is 0 Å². The number of hydrogen-bond donors (Lipinski definition) is 3. The van der Waals surface area contributed by atoms with Crippen LogP contribution in [0.25, 0.3) is 0 Å². The molecule has 2 heterocycles. The molecule has 0 atom stereocenters. The maximum atomic E-state index is 12.9. The Morgan fingerprint density at radius 1 is 0.939 bits per heavy atom. The van der Waals surface area contributed by atoms with Gasteiger partial charge in [-0.15, -0.1) is 0 Å². The minimum Gasteiger partial charge on any atom is -0.502 e. The van der Waals surface area contributed by atoms with Crippen molar-refractivity contribution < 1.29 is 9.52 Å². The summed E-state index contributed by atoms with van der Waals surface area (Å²) in [7, 11) is 0. The highest BCUT2D eigenvalue weighted by Gasteiger charge is 2.21. The van der Waals surface area contributed by atoms with E-state index in [1.807, 2.05) is 60.7 Å². The number of nitrogens with two attached hydrogens (primary N) is 1. The van der Waals surface area contributed by atoms with Gasteiger partial charge in [-0.2, -0.15) is 0 Å². The number of aromatic amines is 1. The number of benzene rings is 2. The summed E-state index contributed by atoms with van der Waals surface area (Å²) in [6, 6.07) is 19.8. The highest BCUT2D eigenvalue weighted by atomic mass is 16.4. The first kappa shape index (κ1) is 21.7. The standard InChI is InChI=1S/C24H22N4O5/c25-22-21(23(31)26-24(32)28(22)13-17-9-5-2-6-10-17)27(12-16-7-3-1-4-8-16)14-18-11-19(29)20(30)15-33-18/h1-11,15,30H,12-14,25H2,(H,26,31,32). The molecule has 0 spiro atoms. The van der Waals surface area contributed by atoms with Crippen LogP contribution in [0.5, 0.6) is 5.75 Å². The Hall–Kier alpha value is -4.53. The van der Waals surface area contributed by atoms with E-state index in [1.165, 1.54) is 4.57 Å². The summed E-state index contributed by atoms with van der Waals surface area (Å²) in [6.07, 6.45) is 0.947. The molecule has 0 amide bonds. The maximum Gasteiger partial charge on any atom is 0.330 e. The van der Waals surface area contributed by atoms with E-state index in [4.69, 9.17) is 10.2 Å². The zero-order valence-corrected chi connectivity index (χ0v) is 17.6. The number of rotatable bonds is 7. The van der Waals surface area contributed by atoms with Gasteiger partial charge < -0.3 is 20.2 Å². The number of nitrogens with zero attached hydrogens (tertiary/aromatic N) is 2. The van der Waals surface area contributed by atoms with Crippen molar-refractivity contribution >= 4 is 11.5 Å². The first-order valence-electron chi connectivity index (χ1n) is 10.2. The van der Waals surface area contributed by atoms with Crippen LogP contribution in [-0.4, -0.2) is 14.7 Å². The highest BCUT2D eigenvalue weighted by Crippen LogP contribution is 2.22. The van der Waals surface area contributed by atoms with Gasteiger partial charge in [0.15, 0.2) is 5.75 Å². The summed E-state index contributed by atoms with van der Waals surface area (Å²) in [5.41, 5.74) is 6.27. The predicted molar refractivity (Wildman–Crippen MR) is 124 cm³/mol. The molecule has 0 aliphatic heterocycles. The highest BCUT2D eigenvalue weighted by molar-refractivity contribution is 5.62. The molecule has 4 N–H and O–H groups in total. The number of aromatic hydroxyl groups is 1. The number of aromatic nitrogens is 2. The summed E-state index contributed by atoms with van der Waals surface area (Å²) in [4.78, 5) is 41.3. The second-order valence-electron chi connectivity index (χ2n) is 7.50. The van der Waals surface area contributed by atoms with Crippen LogP contribution in [0.15, 0.2) is 91.8 Å². The molecule has 0 saturated carbocycles. The molecule has 4 rings (SSSR count). The molecule has 33 heavy (non-hydrogen) atoms. The van der Waals surface area contributed by atoms with Crippen molar-refractivity contribution in [3.05, 3.63) is 121 Å². The topological polar surface area (TPSA) is 135 Å². The van der Waals surface area contributed by atoms with Crippen molar-refractivity contribution in [1.29, 1.82) is 0 Å². The van der Waals surface area contributed by atoms with E-state index in [9.17, 15) is 19.5 Å². The monoisotopic (exact) mass is 446 g/mol. The summed E-state index contributed by atoms with van der Waals surface area (Å²) >= 11 is 0. The lowest BCUT2D eigenvalue weighted by Crippen LogP contribution is -2.38. The fourth-order valence-corrected chi connectivity index (χ4v) is 3.54. The Balaban J connectivity index is 1.80. The van der Waals surface area contributed by atoms with E-state index < -0.39 is 22.4 Å². The first-order valence-corrected chi connectivity index (χ1v) is 10.2. The maximum absolute atomic E-state index is 12.9. The third kappa shape index (κ3) is 4.87. The van der Waals surface area contributed by atoms with Crippen LogP contribution in [0.4, 0.5) is 11.5 Å². The second kappa shape index (κ2) is 9.31. The molecule has 2 aromatic carbocycles. The molecule has 9 heteroatoms. The minimum atomic E-state index is -0.654. The van der Waals surface area contributed by atoms with Gasteiger partial charge in [-0.25, -0.2) is 4.79 Å². The Labute approximate surface area is 188 Å². The smallest absolute Gasteiger partial charge is 0.330 e. The minimum absolute atomic E-state index is 0.00123. The average Bonchev–Trinajstić information content (AvgIpc) is 2.80. The molecular formula is C24H22N4O5. The average molecular weight is 446 g/mol. The van der Waals surface area contributed by atoms with Gasteiger partial charge in [0.1, 0.15) is 23.5 Å². The van der Waals surface area contributed by atoms with Gasteiger partial charge in [0.05, 0.1) is 13.1 Å². The number of anilines is 2. The van der Waals surface area contributed by atoms with E-state index in [0.29, 0.717) is 0 Å². The van der Waals surface area contributed by atoms with Crippen LogP contribution in [0.2, 0.25) is 0 Å². The Kier molecular flexibility index (Phi) is 6.12. The van der Waals surface area contributed by atoms with Gasteiger partial charge in [0.25, 0.3) is 5.56 Å². The quantitative estimate of drug-likeness (QED) is 0.395. The fourth-order valence-electron chi connectivity index (χ4n) is 3.54. The fraction of sp³-hybridized carbons (Fsp3) is 0.125. The van der Waals surface area contributed by atoms with Crippen molar-refractivity contribution in [2.75, 3.05) is 10.6 Å². The normalized spacial score (nSPS) is 10.8. The summed E-state index contributed by atoms with van der Waals surface area (Å²) in [6.45, 7) is 0.423. The van der Waals surface area contributed by atoms with E-state index >= 15 is 0 Å². The van der Waals surface area contributed by atoms with Crippen molar-refractivity contribution in [1.82, 2.24) is 9.55 Å².